The lowest BCUT2D eigenvalue weighted by atomic mass is 9.75. The van der Waals surface area contributed by atoms with E-state index in [1.54, 1.807) is 6.92 Å². The van der Waals surface area contributed by atoms with Crippen LogP contribution in [-0.2, 0) is 11.2 Å². The van der Waals surface area contributed by atoms with E-state index in [1.165, 1.54) is 0 Å². The second-order valence-corrected chi connectivity index (χ2v) is 7.06. The predicted molar refractivity (Wildman–Crippen MR) is 84.3 cm³/mol. The zero-order chi connectivity index (χ0) is 16.5. The summed E-state index contributed by atoms with van der Waals surface area (Å²) in [6.07, 6.45) is -0.371. The van der Waals surface area contributed by atoms with Gasteiger partial charge in [-0.15, -0.1) is 0 Å². The Morgan fingerprint density at radius 3 is 2.32 bits per heavy atom. The van der Waals surface area contributed by atoms with Gasteiger partial charge in [0.2, 0.25) is 0 Å². The molecule has 22 heavy (non-hydrogen) atoms. The molecular formula is C17H24N2O3. The van der Waals surface area contributed by atoms with Crippen LogP contribution in [0.15, 0.2) is 30.3 Å². The number of carbonyl (C=O) groups excluding carboxylic acids is 2. The molecule has 0 bridgehead atoms. The van der Waals surface area contributed by atoms with Crippen LogP contribution in [0.4, 0.5) is 4.79 Å². The van der Waals surface area contributed by atoms with Crippen molar-refractivity contribution in [2.75, 3.05) is 6.54 Å². The number of imide groups is 1. The summed E-state index contributed by atoms with van der Waals surface area (Å²) in [5.74, 6) is -0.280. The van der Waals surface area contributed by atoms with Gasteiger partial charge in [0.05, 0.1) is 12.6 Å². The largest absolute Gasteiger partial charge is 0.391 e. The molecule has 5 heteroatoms. The zero-order valence-electron chi connectivity index (χ0n) is 13.6. The predicted octanol–water partition coefficient (Wildman–Crippen LogP) is 1.95. The maximum atomic E-state index is 12.6. The summed E-state index contributed by atoms with van der Waals surface area (Å²) in [5, 5.41) is 13.0. The summed E-state index contributed by atoms with van der Waals surface area (Å²) in [7, 11) is 0. The van der Waals surface area contributed by atoms with E-state index in [1.807, 2.05) is 51.1 Å². The van der Waals surface area contributed by atoms with Crippen LogP contribution in [0.5, 0.6) is 0 Å². The van der Waals surface area contributed by atoms with E-state index in [-0.39, 0.29) is 12.5 Å². The van der Waals surface area contributed by atoms with Crippen molar-refractivity contribution in [3.05, 3.63) is 35.9 Å². The number of β-amino-alcohol motifs (C(OH)–C–C–N with tert-alkyl or cyclic N) is 1. The number of aliphatic hydroxyl groups excluding tert-OH is 1. The van der Waals surface area contributed by atoms with Crippen molar-refractivity contribution in [1.82, 2.24) is 10.2 Å². The molecule has 120 valence electrons. The Morgan fingerprint density at radius 1 is 1.23 bits per heavy atom. The fourth-order valence-corrected chi connectivity index (χ4v) is 2.53. The second-order valence-electron chi connectivity index (χ2n) is 7.06. The molecule has 1 heterocycles. The van der Waals surface area contributed by atoms with Crippen LogP contribution in [0.1, 0.15) is 33.3 Å². The van der Waals surface area contributed by atoms with Gasteiger partial charge in [-0.05, 0) is 17.9 Å². The third-order valence-electron chi connectivity index (χ3n) is 4.48. The summed E-state index contributed by atoms with van der Waals surface area (Å²) < 4.78 is 0. The minimum atomic E-state index is -0.948. The van der Waals surface area contributed by atoms with Crippen molar-refractivity contribution in [1.29, 1.82) is 0 Å². The van der Waals surface area contributed by atoms with E-state index in [9.17, 15) is 14.7 Å². The number of hydrogen-bond donors (Lipinski definition) is 2. The van der Waals surface area contributed by atoms with Gasteiger partial charge in [-0.25, -0.2) is 4.79 Å². The summed E-state index contributed by atoms with van der Waals surface area (Å²) >= 11 is 0. The van der Waals surface area contributed by atoms with Crippen molar-refractivity contribution in [3.8, 4) is 0 Å². The van der Waals surface area contributed by atoms with Crippen molar-refractivity contribution in [3.63, 3.8) is 0 Å². The van der Waals surface area contributed by atoms with Crippen LogP contribution >= 0.6 is 0 Å². The third-order valence-corrected chi connectivity index (χ3v) is 4.48. The smallest absolute Gasteiger partial charge is 0.325 e. The first-order valence-electron chi connectivity index (χ1n) is 7.51. The monoisotopic (exact) mass is 304 g/mol. The normalized spacial score (nSPS) is 23.6. The average Bonchev–Trinajstić information content (AvgIpc) is 2.64. The molecule has 0 aromatic heterocycles. The molecule has 0 aliphatic carbocycles. The standard InChI is InChI=1S/C17H24N2O3/c1-16(2,3)17(4)14(21)19(15(22)18-17)11-13(20)10-12-8-6-5-7-9-12/h5-9,13,20H,10-11H2,1-4H3,(H,18,22)/t13-,17+/m0/s1. The highest BCUT2D eigenvalue weighted by atomic mass is 16.3. The molecular weight excluding hydrogens is 280 g/mol. The lowest BCUT2D eigenvalue weighted by Crippen LogP contribution is -2.54. The van der Waals surface area contributed by atoms with Gasteiger partial charge in [-0.1, -0.05) is 51.1 Å². The Labute approximate surface area is 131 Å². The first-order valence-corrected chi connectivity index (χ1v) is 7.51. The topological polar surface area (TPSA) is 69.6 Å². The molecule has 2 atom stereocenters. The van der Waals surface area contributed by atoms with Gasteiger partial charge in [-0.3, -0.25) is 9.69 Å². The minimum absolute atomic E-state index is 0.00519. The Morgan fingerprint density at radius 2 is 1.82 bits per heavy atom. The number of amides is 3. The van der Waals surface area contributed by atoms with E-state index in [0.717, 1.165) is 10.5 Å². The molecule has 5 nitrogen and oxygen atoms in total. The van der Waals surface area contributed by atoms with Crippen LogP contribution < -0.4 is 5.32 Å². The highest BCUT2D eigenvalue weighted by Crippen LogP contribution is 2.35. The summed E-state index contributed by atoms with van der Waals surface area (Å²) in [6, 6.07) is 9.08. The second kappa shape index (κ2) is 5.72. The Kier molecular flexibility index (Phi) is 4.29. The highest BCUT2D eigenvalue weighted by Gasteiger charge is 2.54. The van der Waals surface area contributed by atoms with Gasteiger partial charge in [0.15, 0.2) is 0 Å². The van der Waals surface area contributed by atoms with E-state index in [4.69, 9.17) is 0 Å². The van der Waals surface area contributed by atoms with Gasteiger partial charge in [0.25, 0.3) is 5.91 Å². The molecule has 0 saturated carbocycles. The van der Waals surface area contributed by atoms with E-state index in [2.05, 4.69) is 5.32 Å². The zero-order valence-corrected chi connectivity index (χ0v) is 13.6. The molecule has 1 aliphatic rings. The van der Waals surface area contributed by atoms with Gasteiger partial charge in [0, 0.05) is 6.42 Å². The number of nitrogens with zero attached hydrogens (tertiary/aromatic N) is 1. The maximum Gasteiger partial charge on any atom is 0.325 e. The lowest BCUT2D eigenvalue weighted by Gasteiger charge is -2.35. The van der Waals surface area contributed by atoms with Crippen LogP contribution in [-0.4, -0.2) is 40.1 Å². The van der Waals surface area contributed by atoms with Gasteiger partial charge < -0.3 is 10.4 Å². The number of benzene rings is 1. The first-order chi connectivity index (χ1) is 10.1. The number of hydrogen-bond acceptors (Lipinski definition) is 3. The summed E-state index contributed by atoms with van der Waals surface area (Å²) in [5.41, 5.74) is -0.379. The molecule has 1 aromatic carbocycles. The van der Waals surface area contributed by atoms with Crippen molar-refractivity contribution >= 4 is 11.9 Å². The van der Waals surface area contributed by atoms with Crippen molar-refractivity contribution in [2.45, 2.75) is 45.8 Å². The molecule has 1 fully saturated rings. The van der Waals surface area contributed by atoms with Crippen LogP contribution in [0.2, 0.25) is 0 Å². The van der Waals surface area contributed by atoms with E-state index < -0.39 is 23.1 Å². The Bertz CT molecular complexity index is 565. The van der Waals surface area contributed by atoms with Crippen LogP contribution in [0.25, 0.3) is 0 Å². The van der Waals surface area contributed by atoms with Gasteiger partial charge >= 0.3 is 6.03 Å². The molecule has 3 amide bonds. The highest BCUT2D eigenvalue weighted by molar-refractivity contribution is 6.07. The number of urea groups is 1. The number of nitrogens with one attached hydrogen (secondary N) is 1. The average molecular weight is 304 g/mol. The van der Waals surface area contributed by atoms with Crippen molar-refractivity contribution < 1.29 is 14.7 Å². The molecule has 0 unspecified atom stereocenters. The first kappa shape index (κ1) is 16.5. The Hall–Kier alpha value is -1.88. The van der Waals surface area contributed by atoms with Gasteiger partial charge in [-0.2, -0.15) is 0 Å². The SMILES string of the molecule is CC(C)(C)[C@]1(C)NC(=O)N(C[C@@H](O)Cc2ccccc2)C1=O. The van der Waals surface area contributed by atoms with Crippen LogP contribution in [0.3, 0.4) is 0 Å². The quantitative estimate of drug-likeness (QED) is 0.835. The maximum absolute atomic E-state index is 12.6. The molecule has 0 spiro atoms. The van der Waals surface area contributed by atoms with E-state index in [0.29, 0.717) is 6.42 Å². The number of aliphatic hydroxyl groups is 1. The van der Waals surface area contributed by atoms with Gasteiger partial charge in [0.1, 0.15) is 5.54 Å². The number of carbonyl (C=O) groups is 2. The fraction of sp³-hybridized carbons (Fsp3) is 0.529. The van der Waals surface area contributed by atoms with Crippen molar-refractivity contribution in [2.24, 2.45) is 5.41 Å². The van der Waals surface area contributed by atoms with Crippen LogP contribution in [0, 0.1) is 5.41 Å². The molecule has 2 rings (SSSR count). The molecule has 2 N–H and O–H groups in total. The molecule has 0 radical (unpaired) electrons. The fourth-order valence-electron chi connectivity index (χ4n) is 2.53. The third kappa shape index (κ3) is 2.99. The molecule has 1 aromatic rings. The Balaban J connectivity index is 2.07. The number of rotatable bonds is 4. The molecule has 1 saturated heterocycles. The molecule has 1 aliphatic heterocycles. The summed E-state index contributed by atoms with van der Waals surface area (Å²) in [6.45, 7) is 7.47. The summed E-state index contributed by atoms with van der Waals surface area (Å²) in [4.78, 5) is 25.8. The minimum Gasteiger partial charge on any atom is -0.391 e. The van der Waals surface area contributed by atoms with E-state index >= 15 is 0 Å². The lowest BCUT2D eigenvalue weighted by molar-refractivity contribution is -0.135.